The Kier molecular flexibility index (Phi) is 7.34. The van der Waals surface area contributed by atoms with Crippen molar-refractivity contribution < 1.29 is 22.4 Å². The molecule has 0 unspecified atom stereocenters. The minimum absolute atomic E-state index is 0.116. The van der Waals surface area contributed by atoms with Gasteiger partial charge in [0.25, 0.3) is 5.56 Å². The molecule has 0 spiro atoms. The molecule has 5 aromatic rings. The summed E-state index contributed by atoms with van der Waals surface area (Å²) in [4.78, 5) is 22.9. The fourth-order valence-electron chi connectivity index (χ4n) is 5.04. The van der Waals surface area contributed by atoms with E-state index in [4.69, 9.17) is 9.47 Å². The highest BCUT2D eigenvalue weighted by atomic mass is 32.3. The zero-order valence-electron chi connectivity index (χ0n) is 23.3. The minimum atomic E-state index is -4.42. The second kappa shape index (κ2) is 11.0. The van der Waals surface area contributed by atoms with Crippen LogP contribution in [0.4, 0.5) is 0 Å². The highest BCUT2D eigenvalue weighted by Crippen LogP contribution is 2.41. The average Bonchev–Trinajstić information content (AvgIpc) is 3.68. The Morgan fingerprint density at radius 3 is 2.48 bits per heavy atom. The summed E-state index contributed by atoms with van der Waals surface area (Å²) in [7, 11) is -4.42. The molecule has 1 N–H and O–H groups in total. The SMILES string of the molecule is Cc1cc2c(c(Oc3ccncc3)cc(=O)n2Cc2ccc(-c3cc(C)sc3S(=O)(=O)O)c(OCC3CC3)c2)c(C)n1. The molecule has 216 valence electrons. The Bertz CT molecular complexity index is 1980. The van der Waals surface area contributed by atoms with Crippen LogP contribution in [0.25, 0.3) is 22.0 Å². The van der Waals surface area contributed by atoms with E-state index in [-0.39, 0.29) is 16.3 Å². The maximum Gasteiger partial charge on any atom is 0.304 e. The van der Waals surface area contributed by atoms with Crippen LogP contribution >= 0.6 is 11.3 Å². The smallest absolute Gasteiger partial charge is 0.304 e. The lowest BCUT2D eigenvalue weighted by Gasteiger charge is -2.18. The van der Waals surface area contributed by atoms with Gasteiger partial charge in [-0.2, -0.15) is 8.42 Å². The summed E-state index contributed by atoms with van der Waals surface area (Å²) in [6, 6.07) is 14.0. The highest BCUT2D eigenvalue weighted by molar-refractivity contribution is 7.88. The van der Waals surface area contributed by atoms with Crippen LogP contribution in [0.1, 0.15) is 34.7 Å². The Balaban J connectivity index is 1.44. The Hall–Kier alpha value is -4.06. The Labute approximate surface area is 247 Å². The van der Waals surface area contributed by atoms with Gasteiger partial charge in [-0.05, 0) is 75.4 Å². The van der Waals surface area contributed by atoms with Crippen LogP contribution in [0.2, 0.25) is 0 Å². The van der Waals surface area contributed by atoms with Crippen molar-refractivity contribution in [2.24, 2.45) is 5.92 Å². The van der Waals surface area contributed by atoms with E-state index in [0.29, 0.717) is 46.4 Å². The van der Waals surface area contributed by atoms with Crippen molar-refractivity contribution in [3.8, 4) is 28.4 Å². The van der Waals surface area contributed by atoms with E-state index in [1.807, 2.05) is 32.0 Å². The van der Waals surface area contributed by atoms with E-state index in [1.165, 1.54) is 6.07 Å². The molecule has 1 aliphatic carbocycles. The monoisotopic (exact) mass is 603 g/mol. The van der Waals surface area contributed by atoms with Gasteiger partial charge in [-0.1, -0.05) is 12.1 Å². The summed E-state index contributed by atoms with van der Waals surface area (Å²) in [5.74, 6) is 1.94. The molecule has 0 aliphatic heterocycles. The number of pyridine rings is 3. The molecule has 1 fully saturated rings. The topological polar surface area (TPSA) is 121 Å². The number of fused-ring (bicyclic) bond motifs is 1. The third-order valence-corrected chi connectivity index (χ3v) is 9.56. The van der Waals surface area contributed by atoms with E-state index in [9.17, 15) is 17.8 Å². The van der Waals surface area contributed by atoms with Gasteiger partial charge >= 0.3 is 10.1 Å². The lowest BCUT2D eigenvalue weighted by Crippen LogP contribution is -2.21. The quantitative estimate of drug-likeness (QED) is 0.194. The van der Waals surface area contributed by atoms with E-state index < -0.39 is 10.1 Å². The first-order chi connectivity index (χ1) is 20.1. The van der Waals surface area contributed by atoms with Gasteiger partial charge in [-0.15, -0.1) is 11.3 Å². The zero-order chi connectivity index (χ0) is 29.6. The van der Waals surface area contributed by atoms with E-state index in [0.717, 1.165) is 51.4 Å². The minimum Gasteiger partial charge on any atom is -0.493 e. The van der Waals surface area contributed by atoms with Gasteiger partial charge in [-0.3, -0.25) is 19.3 Å². The Morgan fingerprint density at radius 1 is 1.00 bits per heavy atom. The molecule has 42 heavy (non-hydrogen) atoms. The van der Waals surface area contributed by atoms with Crippen LogP contribution in [0.15, 0.2) is 69.9 Å². The van der Waals surface area contributed by atoms with Crippen molar-refractivity contribution in [3.63, 3.8) is 0 Å². The molecule has 0 bridgehead atoms. The van der Waals surface area contributed by atoms with Crippen LogP contribution in [0.3, 0.4) is 0 Å². The zero-order valence-corrected chi connectivity index (χ0v) is 25.0. The molecular weight excluding hydrogens is 574 g/mol. The molecule has 0 saturated heterocycles. The van der Waals surface area contributed by atoms with Crippen LogP contribution in [0, 0.1) is 26.7 Å². The molecule has 1 saturated carbocycles. The van der Waals surface area contributed by atoms with Crippen molar-refractivity contribution in [3.05, 3.63) is 93.1 Å². The number of rotatable bonds is 9. The van der Waals surface area contributed by atoms with Crippen LogP contribution in [0.5, 0.6) is 17.2 Å². The fourth-order valence-corrected chi connectivity index (χ4v) is 7.05. The summed E-state index contributed by atoms with van der Waals surface area (Å²) >= 11 is 1.02. The Morgan fingerprint density at radius 2 is 1.76 bits per heavy atom. The molecule has 1 aliphatic rings. The van der Waals surface area contributed by atoms with Gasteiger partial charge in [0.05, 0.1) is 29.7 Å². The molecule has 6 rings (SSSR count). The van der Waals surface area contributed by atoms with Crippen LogP contribution < -0.4 is 15.0 Å². The van der Waals surface area contributed by atoms with Crippen molar-refractivity contribution >= 4 is 32.4 Å². The lowest BCUT2D eigenvalue weighted by molar-refractivity contribution is 0.300. The van der Waals surface area contributed by atoms with Gasteiger partial charge in [0.15, 0.2) is 4.21 Å². The number of thiophene rings is 1. The molecule has 0 atom stereocenters. The molecular formula is C31H29N3O6S2. The van der Waals surface area contributed by atoms with Gasteiger partial charge < -0.3 is 14.0 Å². The highest BCUT2D eigenvalue weighted by Gasteiger charge is 2.26. The predicted octanol–water partition coefficient (Wildman–Crippen LogP) is 6.32. The average molecular weight is 604 g/mol. The first-order valence-electron chi connectivity index (χ1n) is 13.5. The third-order valence-electron chi connectivity index (χ3n) is 7.15. The molecule has 4 aromatic heterocycles. The summed E-state index contributed by atoms with van der Waals surface area (Å²) in [6.45, 7) is 6.31. The number of ether oxygens (including phenoxy) is 2. The summed E-state index contributed by atoms with van der Waals surface area (Å²) < 4.78 is 48.1. The first kappa shape index (κ1) is 28.1. The van der Waals surface area contributed by atoms with Crippen molar-refractivity contribution in [2.45, 2.75) is 44.4 Å². The second-order valence-corrected chi connectivity index (χ2v) is 13.5. The second-order valence-electron chi connectivity index (χ2n) is 10.6. The summed E-state index contributed by atoms with van der Waals surface area (Å²) in [5, 5.41) is 0.727. The molecule has 0 amide bonds. The van der Waals surface area contributed by atoms with Crippen molar-refractivity contribution in [1.82, 2.24) is 14.5 Å². The number of benzene rings is 1. The lowest BCUT2D eigenvalue weighted by atomic mass is 10.0. The van der Waals surface area contributed by atoms with E-state index in [1.54, 1.807) is 48.1 Å². The fraction of sp³-hybridized carbons (Fsp3) is 0.258. The van der Waals surface area contributed by atoms with Crippen LogP contribution in [-0.4, -0.2) is 34.1 Å². The van der Waals surface area contributed by atoms with Gasteiger partial charge in [-0.25, -0.2) is 0 Å². The number of nitrogens with zero attached hydrogens (tertiary/aromatic N) is 3. The number of hydrogen-bond acceptors (Lipinski definition) is 8. The van der Waals surface area contributed by atoms with E-state index in [2.05, 4.69) is 9.97 Å². The molecule has 11 heteroatoms. The summed E-state index contributed by atoms with van der Waals surface area (Å²) in [6.07, 6.45) is 5.42. The maximum absolute atomic E-state index is 13.6. The van der Waals surface area contributed by atoms with Gasteiger partial charge in [0, 0.05) is 40.2 Å². The van der Waals surface area contributed by atoms with Gasteiger partial charge in [0.2, 0.25) is 0 Å². The predicted molar refractivity (Wildman–Crippen MR) is 161 cm³/mol. The largest absolute Gasteiger partial charge is 0.493 e. The summed E-state index contributed by atoms with van der Waals surface area (Å²) in [5.41, 5.74) is 3.70. The van der Waals surface area contributed by atoms with Crippen molar-refractivity contribution in [1.29, 1.82) is 0 Å². The standard InChI is InChI=1S/C31H29N3O6S2/c1-18-12-26-30(20(3)33-18)28(40-23-8-10-32-11-9-23)15-29(35)34(26)16-22-6-7-24(27(14-22)39-17-21-4-5-21)25-13-19(2)41-31(25)42(36,37)38/h6-15,21H,4-5,16-17H2,1-3H3,(H,36,37,38). The number of aromatic nitrogens is 3. The first-order valence-corrected chi connectivity index (χ1v) is 15.8. The third kappa shape index (κ3) is 5.80. The molecule has 9 nitrogen and oxygen atoms in total. The maximum atomic E-state index is 13.6. The van der Waals surface area contributed by atoms with Crippen LogP contribution in [-0.2, 0) is 16.7 Å². The molecule has 1 aromatic carbocycles. The number of aryl methyl sites for hydroxylation is 3. The molecule has 0 radical (unpaired) electrons. The molecule has 4 heterocycles. The number of hydrogen-bond donors (Lipinski definition) is 1. The van der Waals surface area contributed by atoms with Gasteiger partial charge in [0.1, 0.15) is 17.2 Å². The van der Waals surface area contributed by atoms with E-state index >= 15 is 0 Å². The normalized spacial score (nSPS) is 13.4. The van der Waals surface area contributed by atoms with Crippen molar-refractivity contribution in [2.75, 3.05) is 6.61 Å².